The summed E-state index contributed by atoms with van der Waals surface area (Å²) in [6.07, 6.45) is 1.14. The number of nitrogen functional groups attached to an aromatic ring is 1. The van der Waals surface area contributed by atoms with Crippen LogP contribution in [0.2, 0.25) is 0 Å². The van der Waals surface area contributed by atoms with Crippen LogP contribution in [0.3, 0.4) is 0 Å². The highest BCUT2D eigenvalue weighted by atomic mass is 32.2. The maximum Gasteiger partial charge on any atom is 0.425 e. The van der Waals surface area contributed by atoms with E-state index >= 15 is 0 Å². The van der Waals surface area contributed by atoms with Gasteiger partial charge in [0.25, 0.3) is 9.84 Å². The van der Waals surface area contributed by atoms with Gasteiger partial charge in [-0.25, -0.2) is 16.8 Å². The van der Waals surface area contributed by atoms with Gasteiger partial charge in [-0.05, 0) is 19.1 Å². The van der Waals surface area contributed by atoms with Gasteiger partial charge in [0.15, 0.2) is 0 Å². The van der Waals surface area contributed by atoms with Crippen molar-refractivity contribution in [1.29, 1.82) is 0 Å². The van der Waals surface area contributed by atoms with Gasteiger partial charge in [0.2, 0.25) is 15.3 Å². The lowest BCUT2D eigenvalue weighted by Crippen LogP contribution is -2.67. The van der Waals surface area contributed by atoms with Crippen molar-refractivity contribution >= 4 is 25.7 Å². The van der Waals surface area contributed by atoms with E-state index in [1.165, 1.54) is 16.4 Å². The highest BCUT2D eigenvalue weighted by Crippen LogP contribution is 2.23. The maximum absolute atomic E-state index is 13.0. The summed E-state index contributed by atoms with van der Waals surface area (Å²) in [5.74, 6) is -0.323. The van der Waals surface area contributed by atoms with E-state index in [-0.39, 0.29) is 42.0 Å². The SMILES string of the molecule is Cc1ccc(S(=O)(=O)c2c(N)on[n+]2N2CCN(S(C)(=O)=O)CC2)cc1. The fourth-order valence-corrected chi connectivity index (χ4v) is 4.92. The molecule has 1 aliphatic heterocycles. The third-order valence-electron chi connectivity index (χ3n) is 4.15. The molecule has 0 radical (unpaired) electrons. The Morgan fingerprint density at radius 2 is 1.65 bits per heavy atom. The number of rotatable bonds is 4. The van der Waals surface area contributed by atoms with Crippen LogP contribution in [0.15, 0.2) is 38.7 Å². The normalized spacial score (nSPS) is 16.8. The van der Waals surface area contributed by atoms with Crippen LogP contribution in [-0.4, -0.2) is 58.8 Å². The lowest BCUT2D eigenvalue weighted by atomic mass is 10.2. The molecule has 1 aliphatic rings. The van der Waals surface area contributed by atoms with Crippen LogP contribution >= 0.6 is 0 Å². The van der Waals surface area contributed by atoms with Crippen molar-refractivity contribution in [3.05, 3.63) is 29.8 Å². The largest absolute Gasteiger partial charge is 0.425 e. The van der Waals surface area contributed by atoms with Gasteiger partial charge >= 0.3 is 10.9 Å². The molecule has 2 N–H and O–H groups in total. The Morgan fingerprint density at radius 3 is 2.19 bits per heavy atom. The summed E-state index contributed by atoms with van der Waals surface area (Å²) in [5.41, 5.74) is 6.66. The van der Waals surface area contributed by atoms with Crippen molar-refractivity contribution in [2.45, 2.75) is 16.8 Å². The van der Waals surface area contributed by atoms with Gasteiger partial charge in [0, 0.05) is 13.1 Å². The van der Waals surface area contributed by atoms with E-state index in [1.807, 2.05) is 6.92 Å². The van der Waals surface area contributed by atoms with Crippen LogP contribution in [0.1, 0.15) is 5.56 Å². The summed E-state index contributed by atoms with van der Waals surface area (Å²) in [6.45, 7) is 2.77. The summed E-state index contributed by atoms with van der Waals surface area (Å²) in [4.78, 5) is 1.17. The number of aromatic nitrogens is 2. The molecule has 0 atom stereocenters. The summed E-state index contributed by atoms with van der Waals surface area (Å²) < 4.78 is 55.4. The van der Waals surface area contributed by atoms with E-state index < -0.39 is 19.9 Å². The first-order valence-electron chi connectivity index (χ1n) is 7.80. The molecule has 26 heavy (non-hydrogen) atoms. The second kappa shape index (κ2) is 6.52. The van der Waals surface area contributed by atoms with Gasteiger partial charge in [-0.2, -0.15) is 4.31 Å². The minimum Gasteiger partial charge on any atom is -0.361 e. The van der Waals surface area contributed by atoms with Crippen LogP contribution in [0.4, 0.5) is 5.88 Å². The van der Waals surface area contributed by atoms with Crippen LogP contribution in [-0.2, 0) is 19.9 Å². The van der Waals surface area contributed by atoms with Crippen LogP contribution in [0, 0.1) is 6.92 Å². The fourth-order valence-electron chi connectivity index (χ4n) is 2.71. The summed E-state index contributed by atoms with van der Waals surface area (Å²) in [7, 11) is -7.26. The molecule has 0 aliphatic carbocycles. The smallest absolute Gasteiger partial charge is 0.361 e. The minimum atomic E-state index is -3.96. The monoisotopic (exact) mass is 402 g/mol. The second-order valence-corrected chi connectivity index (χ2v) is 9.91. The number of hydrogen-bond acceptors (Lipinski definition) is 8. The molecule has 2 aromatic rings. The number of nitrogens with two attached hydrogens (primary N) is 1. The van der Waals surface area contributed by atoms with E-state index in [1.54, 1.807) is 17.1 Å². The molecular weight excluding hydrogens is 382 g/mol. The number of piperazine rings is 1. The molecule has 1 fully saturated rings. The first-order valence-corrected chi connectivity index (χ1v) is 11.1. The first-order chi connectivity index (χ1) is 12.1. The van der Waals surface area contributed by atoms with Crippen molar-refractivity contribution in [2.75, 3.05) is 43.2 Å². The lowest BCUT2D eigenvalue weighted by Gasteiger charge is -2.28. The molecule has 0 unspecified atom stereocenters. The van der Waals surface area contributed by atoms with Crippen LogP contribution in [0.5, 0.6) is 0 Å². The minimum absolute atomic E-state index is 0.0709. The van der Waals surface area contributed by atoms with E-state index in [2.05, 4.69) is 5.27 Å². The number of benzene rings is 1. The molecule has 1 saturated heterocycles. The number of nitrogens with zero attached hydrogens (tertiary/aromatic N) is 4. The Balaban J connectivity index is 1.94. The van der Waals surface area contributed by atoms with Crippen LogP contribution in [0.25, 0.3) is 0 Å². The number of sulfone groups is 1. The molecule has 0 saturated carbocycles. The predicted octanol–water partition coefficient (Wildman–Crippen LogP) is -1.10. The van der Waals surface area contributed by atoms with E-state index in [0.717, 1.165) is 16.6 Å². The molecule has 142 valence electrons. The van der Waals surface area contributed by atoms with Crippen molar-refractivity contribution in [1.82, 2.24) is 9.58 Å². The standard InChI is InChI=1S/C14H20N5O5S2/c1-11-3-5-12(6-4-11)26(22,23)14-13(15)24-16-19(14)17-7-9-18(10-8-17)25(2,20)21/h3-6H,7-10,15H2,1-2H3/q+1. The molecule has 0 bridgehead atoms. The Labute approximate surface area is 151 Å². The Kier molecular flexibility index (Phi) is 4.67. The molecule has 1 aromatic carbocycles. The van der Waals surface area contributed by atoms with Gasteiger partial charge in [-0.15, -0.1) is 5.01 Å². The third-order valence-corrected chi connectivity index (χ3v) is 7.22. The zero-order valence-electron chi connectivity index (χ0n) is 14.4. The number of anilines is 1. The lowest BCUT2D eigenvalue weighted by molar-refractivity contribution is -0.790. The average Bonchev–Trinajstić information content (AvgIpc) is 2.97. The molecular formula is C14H20N5O5S2+. The zero-order valence-corrected chi connectivity index (χ0v) is 16.0. The van der Waals surface area contributed by atoms with Crippen molar-refractivity contribution in [3.63, 3.8) is 0 Å². The fraction of sp³-hybridized carbons (Fsp3) is 0.429. The van der Waals surface area contributed by atoms with Gasteiger partial charge in [0.1, 0.15) is 0 Å². The topological polar surface area (TPSA) is 131 Å². The molecule has 2 heterocycles. The van der Waals surface area contributed by atoms with Gasteiger partial charge in [-0.1, -0.05) is 17.7 Å². The first kappa shape index (κ1) is 18.6. The molecule has 12 heteroatoms. The van der Waals surface area contributed by atoms with Crippen molar-refractivity contribution in [2.24, 2.45) is 0 Å². The van der Waals surface area contributed by atoms with Crippen molar-refractivity contribution in [3.8, 4) is 0 Å². The summed E-state index contributed by atoms with van der Waals surface area (Å²) >= 11 is 0. The molecule has 1 aromatic heterocycles. The zero-order chi connectivity index (χ0) is 19.1. The molecule has 0 amide bonds. The van der Waals surface area contributed by atoms with E-state index in [9.17, 15) is 16.8 Å². The highest BCUT2D eigenvalue weighted by Gasteiger charge is 2.42. The quantitative estimate of drug-likeness (QED) is 0.638. The third kappa shape index (κ3) is 3.39. The Hall–Kier alpha value is -2.18. The second-order valence-electron chi connectivity index (χ2n) is 6.06. The molecule has 0 spiro atoms. The van der Waals surface area contributed by atoms with Gasteiger partial charge < -0.3 is 5.73 Å². The summed E-state index contributed by atoms with van der Waals surface area (Å²) in [5, 5.41) is 5.05. The number of sulfonamides is 1. The van der Waals surface area contributed by atoms with E-state index in [4.69, 9.17) is 10.3 Å². The number of aryl methyl sites for hydroxylation is 1. The van der Waals surface area contributed by atoms with Gasteiger partial charge in [0.05, 0.1) is 29.0 Å². The van der Waals surface area contributed by atoms with E-state index in [0.29, 0.717) is 0 Å². The predicted molar refractivity (Wildman–Crippen MR) is 92.1 cm³/mol. The Bertz CT molecular complexity index is 1010. The Morgan fingerprint density at radius 1 is 1.08 bits per heavy atom. The highest BCUT2D eigenvalue weighted by molar-refractivity contribution is 7.91. The average molecular weight is 402 g/mol. The van der Waals surface area contributed by atoms with Crippen molar-refractivity contribution < 1.29 is 26.1 Å². The maximum atomic E-state index is 13.0. The van der Waals surface area contributed by atoms with Gasteiger partial charge in [-0.3, -0.25) is 4.52 Å². The summed E-state index contributed by atoms with van der Waals surface area (Å²) in [6, 6.07) is 6.35. The molecule has 10 nitrogen and oxygen atoms in total. The number of hydrogen-bond donors (Lipinski definition) is 1. The molecule has 3 rings (SSSR count). The van der Waals surface area contributed by atoms with Crippen LogP contribution < -0.4 is 15.5 Å².